The molecule has 2 unspecified atom stereocenters. The van der Waals surface area contributed by atoms with Gasteiger partial charge in [0, 0.05) is 18.8 Å². The van der Waals surface area contributed by atoms with Crippen molar-refractivity contribution in [2.75, 3.05) is 11.9 Å². The van der Waals surface area contributed by atoms with Crippen molar-refractivity contribution in [1.29, 1.82) is 0 Å². The maximum Gasteiger partial charge on any atom is 0.129 e. The third-order valence-electron chi connectivity index (χ3n) is 1.72. The second-order valence-corrected chi connectivity index (χ2v) is 2.88. The van der Waals surface area contributed by atoms with Gasteiger partial charge in [0.15, 0.2) is 0 Å². The third-order valence-corrected chi connectivity index (χ3v) is 1.72. The predicted molar refractivity (Wildman–Crippen MR) is 50.2 cm³/mol. The summed E-state index contributed by atoms with van der Waals surface area (Å²) in [6.45, 7) is 2.15. The van der Waals surface area contributed by atoms with Crippen LogP contribution in [0.4, 0.5) is 5.82 Å². The van der Waals surface area contributed by atoms with Crippen LogP contribution in [0.5, 0.6) is 0 Å². The lowest BCUT2D eigenvalue weighted by Crippen LogP contribution is -2.38. The molecule has 0 aliphatic heterocycles. The van der Waals surface area contributed by atoms with Gasteiger partial charge < -0.3 is 16.2 Å². The topological polar surface area (TPSA) is 84.1 Å². The van der Waals surface area contributed by atoms with E-state index in [-0.39, 0.29) is 6.04 Å². The lowest BCUT2D eigenvalue weighted by molar-refractivity contribution is 0.168. The molecule has 1 aromatic heterocycles. The fourth-order valence-electron chi connectivity index (χ4n) is 0.788. The summed E-state index contributed by atoms with van der Waals surface area (Å²) in [4.78, 5) is 7.73. The van der Waals surface area contributed by atoms with Crippen molar-refractivity contribution in [3.05, 3.63) is 18.6 Å². The summed E-state index contributed by atoms with van der Waals surface area (Å²) in [6, 6.07) is 1.46. The average molecular weight is 182 g/mol. The first-order chi connectivity index (χ1) is 6.20. The highest BCUT2D eigenvalue weighted by atomic mass is 16.3. The van der Waals surface area contributed by atoms with Crippen molar-refractivity contribution in [2.24, 2.45) is 5.73 Å². The van der Waals surface area contributed by atoms with Gasteiger partial charge in [0.25, 0.3) is 0 Å². The van der Waals surface area contributed by atoms with Crippen LogP contribution in [-0.2, 0) is 0 Å². The van der Waals surface area contributed by atoms with Gasteiger partial charge >= 0.3 is 0 Å². The number of aromatic nitrogens is 2. The Balaban J connectivity index is 2.35. The maximum atomic E-state index is 9.10. The minimum absolute atomic E-state index is 0.282. The molecule has 5 nitrogen and oxygen atoms in total. The maximum absolute atomic E-state index is 9.10. The van der Waals surface area contributed by atoms with E-state index in [9.17, 15) is 0 Å². The van der Waals surface area contributed by atoms with Crippen molar-refractivity contribution >= 4 is 5.82 Å². The SMILES string of the molecule is CC(O)C(N)CNc1ccncn1. The number of nitrogens with one attached hydrogen (secondary N) is 1. The summed E-state index contributed by atoms with van der Waals surface area (Å²) in [5.41, 5.74) is 5.61. The second kappa shape index (κ2) is 4.74. The van der Waals surface area contributed by atoms with Crippen LogP contribution >= 0.6 is 0 Å². The molecular weight excluding hydrogens is 168 g/mol. The van der Waals surface area contributed by atoms with E-state index in [1.54, 1.807) is 19.2 Å². The monoisotopic (exact) mass is 182 g/mol. The number of aliphatic hydroxyl groups is 1. The van der Waals surface area contributed by atoms with Crippen LogP contribution in [0.15, 0.2) is 18.6 Å². The molecule has 1 heterocycles. The van der Waals surface area contributed by atoms with E-state index < -0.39 is 6.10 Å². The predicted octanol–water partition coefficient (Wildman–Crippen LogP) is -0.403. The molecular formula is C8H14N4O. The highest BCUT2D eigenvalue weighted by Crippen LogP contribution is 1.98. The van der Waals surface area contributed by atoms with E-state index in [4.69, 9.17) is 10.8 Å². The van der Waals surface area contributed by atoms with E-state index in [2.05, 4.69) is 15.3 Å². The Morgan fingerprint density at radius 3 is 3.00 bits per heavy atom. The third kappa shape index (κ3) is 3.35. The fourth-order valence-corrected chi connectivity index (χ4v) is 0.788. The molecule has 4 N–H and O–H groups in total. The van der Waals surface area contributed by atoms with Crippen molar-refractivity contribution in [2.45, 2.75) is 19.1 Å². The molecule has 0 bridgehead atoms. The molecule has 1 aromatic rings. The van der Waals surface area contributed by atoms with Crippen LogP contribution in [0.3, 0.4) is 0 Å². The van der Waals surface area contributed by atoms with Crippen LogP contribution in [-0.4, -0.2) is 33.8 Å². The highest BCUT2D eigenvalue weighted by Gasteiger charge is 2.08. The lowest BCUT2D eigenvalue weighted by Gasteiger charge is -2.15. The number of nitrogens with zero attached hydrogens (tertiary/aromatic N) is 2. The fraction of sp³-hybridized carbons (Fsp3) is 0.500. The number of aliphatic hydroxyl groups excluding tert-OH is 1. The zero-order chi connectivity index (χ0) is 9.68. The standard InChI is InChI=1S/C8H14N4O/c1-6(13)7(9)4-11-8-2-3-10-5-12-8/h2-3,5-7,13H,4,9H2,1H3,(H,10,11,12). The van der Waals surface area contributed by atoms with Crippen molar-refractivity contribution in [1.82, 2.24) is 9.97 Å². The number of hydrogen-bond donors (Lipinski definition) is 3. The van der Waals surface area contributed by atoms with E-state index in [0.29, 0.717) is 12.4 Å². The Bertz CT molecular complexity index is 239. The van der Waals surface area contributed by atoms with Crippen LogP contribution < -0.4 is 11.1 Å². The molecule has 0 aliphatic carbocycles. The zero-order valence-electron chi connectivity index (χ0n) is 7.51. The molecule has 0 saturated carbocycles. The van der Waals surface area contributed by atoms with Gasteiger partial charge in [0.05, 0.1) is 6.10 Å². The van der Waals surface area contributed by atoms with Crippen LogP contribution in [0.25, 0.3) is 0 Å². The van der Waals surface area contributed by atoms with Gasteiger partial charge in [-0.25, -0.2) is 9.97 Å². The van der Waals surface area contributed by atoms with Gasteiger partial charge in [-0.15, -0.1) is 0 Å². The van der Waals surface area contributed by atoms with Crippen LogP contribution in [0.1, 0.15) is 6.92 Å². The number of anilines is 1. The molecule has 1 rings (SSSR count). The summed E-state index contributed by atoms with van der Waals surface area (Å²) in [5.74, 6) is 0.714. The number of rotatable bonds is 4. The Morgan fingerprint density at radius 1 is 1.69 bits per heavy atom. The minimum Gasteiger partial charge on any atom is -0.392 e. The first-order valence-corrected chi connectivity index (χ1v) is 4.13. The van der Waals surface area contributed by atoms with Gasteiger partial charge in [0.1, 0.15) is 12.1 Å². The largest absolute Gasteiger partial charge is 0.392 e. The molecule has 0 amide bonds. The number of hydrogen-bond acceptors (Lipinski definition) is 5. The molecule has 0 saturated heterocycles. The molecule has 72 valence electrons. The molecule has 0 aliphatic rings. The van der Waals surface area contributed by atoms with Crippen LogP contribution in [0.2, 0.25) is 0 Å². The van der Waals surface area contributed by atoms with Crippen molar-refractivity contribution < 1.29 is 5.11 Å². The Kier molecular flexibility index (Phi) is 3.60. The molecule has 0 spiro atoms. The second-order valence-electron chi connectivity index (χ2n) is 2.88. The minimum atomic E-state index is -0.519. The summed E-state index contributed by atoms with van der Waals surface area (Å²) in [6.07, 6.45) is 2.58. The summed E-state index contributed by atoms with van der Waals surface area (Å²) < 4.78 is 0. The Morgan fingerprint density at radius 2 is 2.46 bits per heavy atom. The summed E-state index contributed by atoms with van der Waals surface area (Å²) in [5, 5.41) is 12.1. The zero-order valence-corrected chi connectivity index (χ0v) is 7.51. The molecule has 0 fully saturated rings. The first kappa shape index (κ1) is 9.88. The van der Waals surface area contributed by atoms with Gasteiger partial charge in [0.2, 0.25) is 0 Å². The first-order valence-electron chi connectivity index (χ1n) is 4.13. The Hall–Kier alpha value is -1.20. The van der Waals surface area contributed by atoms with E-state index in [0.717, 1.165) is 0 Å². The molecule has 2 atom stereocenters. The average Bonchev–Trinajstić information content (AvgIpc) is 2.15. The quantitative estimate of drug-likeness (QED) is 0.590. The molecule has 0 radical (unpaired) electrons. The lowest BCUT2D eigenvalue weighted by atomic mass is 10.2. The molecule has 13 heavy (non-hydrogen) atoms. The van der Waals surface area contributed by atoms with E-state index in [1.807, 2.05) is 0 Å². The molecule has 5 heteroatoms. The van der Waals surface area contributed by atoms with Crippen molar-refractivity contribution in [3.8, 4) is 0 Å². The van der Waals surface area contributed by atoms with E-state index in [1.165, 1.54) is 6.33 Å². The number of nitrogens with two attached hydrogens (primary N) is 1. The van der Waals surface area contributed by atoms with Crippen LogP contribution in [0, 0.1) is 0 Å². The summed E-state index contributed by atoms with van der Waals surface area (Å²) >= 11 is 0. The Labute approximate surface area is 77.0 Å². The normalized spacial score (nSPS) is 15.0. The summed E-state index contributed by atoms with van der Waals surface area (Å²) in [7, 11) is 0. The molecule has 0 aromatic carbocycles. The van der Waals surface area contributed by atoms with Gasteiger partial charge in [-0.05, 0) is 13.0 Å². The smallest absolute Gasteiger partial charge is 0.129 e. The van der Waals surface area contributed by atoms with Gasteiger partial charge in [-0.3, -0.25) is 0 Å². The van der Waals surface area contributed by atoms with Crippen molar-refractivity contribution in [3.63, 3.8) is 0 Å². The van der Waals surface area contributed by atoms with E-state index >= 15 is 0 Å². The van der Waals surface area contributed by atoms with Gasteiger partial charge in [-0.2, -0.15) is 0 Å². The highest BCUT2D eigenvalue weighted by molar-refractivity contribution is 5.31. The van der Waals surface area contributed by atoms with Gasteiger partial charge in [-0.1, -0.05) is 0 Å².